The van der Waals surface area contributed by atoms with Gasteiger partial charge in [-0.1, -0.05) is 137 Å². The summed E-state index contributed by atoms with van der Waals surface area (Å²) in [6, 6.07) is 58.0. The molecule has 10 aromatic rings. The van der Waals surface area contributed by atoms with Crippen molar-refractivity contribution in [2.75, 3.05) is 0 Å². The Morgan fingerprint density at radius 2 is 1.39 bits per heavy atom. The first-order chi connectivity index (χ1) is 31.8. The van der Waals surface area contributed by atoms with Gasteiger partial charge in [-0.3, -0.25) is 4.98 Å². The number of aryl methyl sites for hydroxylation is 1. The van der Waals surface area contributed by atoms with Crippen LogP contribution < -0.4 is 4.74 Å². The van der Waals surface area contributed by atoms with E-state index in [-0.39, 0.29) is 42.9 Å². The predicted molar refractivity (Wildman–Crippen MR) is 258 cm³/mol. The summed E-state index contributed by atoms with van der Waals surface area (Å²) in [6.45, 7) is 11.6. The van der Waals surface area contributed by atoms with Gasteiger partial charge in [-0.25, -0.2) is 0 Å². The average molecular weight is 1020 g/mol. The van der Waals surface area contributed by atoms with Gasteiger partial charge < -0.3 is 18.7 Å². The van der Waals surface area contributed by atoms with Crippen LogP contribution in [0.2, 0.25) is 0 Å². The molecule has 0 unspecified atom stereocenters. The van der Waals surface area contributed by atoms with E-state index >= 15 is 0 Å². The van der Waals surface area contributed by atoms with Crippen molar-refractivity contribution in [3.05, 3.63) is 198 Å². The number of aromatic nitrogens is 3. The van der Waals surface area contributed by atoms with Crippen molar-refractivity contribution in [3.63, 3.8) is 0 Å². The molecule has 0 saturated heterocycles. The molecule has 0 amide bonds. The fourth-order valence-corrected chi connectivity index (χ4v) is 9.01. The molecule has 4 heterocycles. The van der Waals surface area contributed by atoms with Gasteiger partial charge in [-0.15, -0.1) is 54.1 Å². The molecule has 1 aliphatic rings. The quantitative estimate of drug-likeness (QED) is 0.156. The second-order valence-corrected chi connectivity index (χ2v) is 17.4. The number of para-hydroxylation sites is 3. The maximum atomic E-state index is 7.23. The molecular formula is C58H49IrN3O2-2. The van der Waals surface area contributed by atoms with Crippen molar-refractivity contribution in [1.29, 1.82) is 0 Å². The zero-order valence-corrected chi connectivity index (χ0v) is 39.1. The van der Waals surface area contributed by atoms with Gasteiger partial charge in [0, 0.05) is 58.0 Å². The van der Waals surface area contributed by atoms with E-state index in [1.807, 2.05) is 36.4 Å². The van der Waals surface area contributed by atoms with E-state index in [9.17, 15) is 0 Å². The van der Waals surface area contributed by atoms with Gasteiger partial charge in [0.25, 0.3) is 0 Å². The standard InChI is InChI=1S/C46H39N2O2.C12H10N.Ir/c1-27(2)34-25-30(29-15-8-7-9-16-29)26-35(28(3)4)41(34)48-39-21-12-11-20-38(39)47-45(48)33-18-14-17-31-32-23-24-37-44(43(32)50-42(31)33)49-40-22-13-10-19-36(40)46(37,5)6;1-10-7-8-12(13-9-10)11-5-3-2-4-6-11;/h7-17,19-28H,1-6H3;2-5,7-9H,1H3;/q2*-1;/i;1D3;. The Labute approximate surface area is 393 Å². The largest absolute Gasteiger partial charge is 0.497 e. The SMILES string of the molecule is CC(C)c1cc(-c2ccccc2)cc(C(C)C)c1-n1c(-c2[c-]ccc3c2oc2c4c(ccc23)C(C)(C)c2ccccc2O4)nc2ccccc21.[2H]C([2H])([2H])c1ccc(-c2[c-]cccc2)nc1.[Ir]. The normalized spacial score (nSPS) is 13.6. The Hall–Kier alpha value is -6.59. The van der Waals surface area contributed by atoms with Crippen molar-refractivity contribution in [3.8, 4) is 51.0 Å². The van der Waals surface area contributed by atoms with E-state index in [0.717, 1.165) is 72.7 Å². The van der Waals surface area contributed by atoms with E-state index in [0.29, 0.717) is 0 Å². The molecule has 1 aliphatic heterocycles. The number of pyridine rings is 1. The number of furan rings is 1. The van der Waals surface area contributed by atoms with Crippen LogP contribution in [-0.4, -0.2) is 14.5 Å². The molecule has 6 heteroatoms. The van der Waals surface area contributed by atoms with Gasteiger partial charge in [0.15, 0.2) is 11.3 Å². The molecule has 0 bridgehead atoms. The Kier molecular flexibility index (Phi) is 10.5. The number of imidazole rings is 1. The van der Waals surface area contributed by atoms with Crippen LogP contribution in [0, 0.1) is 19.0 Å². The van der Waals surface area contributed by atoms with E-state index in [2.05, 4.69) is 160 Å². The van der Waals surface area contributed by atoms with Crippen molar-refractivity contribution in [1.82, 2.24) is 14.5 Å². The van der Waals surface area contributed by atoms with Crippen molar-refractivity contribution in [2.24, 2.45) is 0 Å². The molecule has 0 aliphatic carbocycles. The number of hydrogen-bond acceptors (Lipinski definition) is 4. The molecule has 5 nitrogen and oxygen atoms in total. The van der Waals surface area contributed by atoms with Gasteiger partial charge in [0.1, 0.15) is 5.75 Å². The van der Waals surface area contributed by atoms with Crippen molar-refractivity contribution >= 4 is 33.0 Å². The molecule has 0 N–H and O–H groups in total. The van der Waals surface area contributed by atoms with Crippen LogP contribution in [0.15, 0.2) is 162 Å². The van der Waals surface area contributed by atoms with Gasteiger partial charge in [0.2, 0.25) is 0 Å². The number of rotatable bonds is 6. The van der Waals surface area contributed by atoms with E-state index in [1.54, 1.807) is 18.2 Å². The van der Waals surface area contributed by atoms with Crippen LogP contribution in [0.25, 0.3) is 72.4 Å². The van der Waals surface area contributed by atoms with Gasteiger partial charge in [0.05, 0.1) is 22.4 Å². The Bertz CT molecular complexity index is 3380. The fraction of sp³-hybridized carbons (Fsp3) is 0.172. The summed E-state index contributed by atoms with van der Waals surface area (Å²) in [5.74, 6) is 2.99. The maximum Gasteiger partial charge on any atom is 0.173 e. The number of nitrogens with zero attached hydrogens (tertiary/aromatic N) is 3. The van der Waals surface area contributed by atoms with Crippen LogP contribution in [0.4, 0.5) is 0 Å². The summed E-state index contributed by atoms with van der Waals surface area (Å²) in [6.07, 6.45) is 1.39. The Morgan fingerprint density at radius 1 is 0.672 bits per heavy atom. The van der Waals surface area contributed by atoms with Gasteiger partial charge in [-0.2, -0.15) is 0 Å². The first-order valence-electron chi connectivity index (χ1n) is 23.1. The van der Waals surface area contributed by atoms with Crippen molar-refractivity contribution in [2.45, 2.75) is 65.6 Å². The average Bonchev–Trinajstić information content (AvgIpc) is 3.91. The van der Waals surface area contributed by atoms with Crippen LogP contribution in [0.5, 0.6) is 11.5 Å². The summed E-state index contributed by atoms with van der Waals surface area (Å²) in [5, 5.41) is 2.04. The Balaban J connectivity index is 0.000000281. The number of benzene rings is 7. The minimum atomic E-state index is -2.09. The molecule has 319 valence electrons. The molecule has 0 fully saturated rings. The predicted octanol–water partition coefficient (Wildman–Crippen LogP) is 15.6. The zero-order chi connectivity index (χ0) is 45.9. The summed E-state index contributed by atoms with van der Waals surface area (Å²) >= 11 is 0. The van der Waals surface area contributed by atoms with Gasteiger partial charge in [-0.05, 0) is 82.5 Å². The third-order valence-corrected chi connectivity index (χ3v) is 12.3. The summed E-state index contributed by atoms with van der Waals surface area (Å²) in [5.41, 5.74) is 14.4. The van der Waals surface area contributed by atoms with Crippen molar-refractivity contribution < 1.29 is 33.4 Å². The third kappa shape index (κ3) is 7.45. The van der Waals surface area contributed by atoms with Crippen LogP contribution >= 0.6 is 0 Å². The first kappa shape index (κ1) is 39.0. The number of fused-ring (bicyclic) bond motifs is 7. The van der Waals surface area contributed by atoms with Gasteiger partial charge >= 0.3 is 0 Å². The first-order valence-corrected chi connectivity index (χ1v) is 21.6. The molecule has 11 rings (SSSR count). The molecule has 1 radical (unpaired) electrons. The summed E-state index contributed by atoms with van der Waals surface area (Å²) in [7, 11) is 0. The van der Waals surface area contributed by atoms with Crippen LogP contribution in [-0.2, 0) is 25.5 Å². The topological polar surface area (TPSA) is 53.1 Å². The van der Waals surface area contributed by atoms with Crippen LogP contribution in [0.1, 0.15) is 85.3 Å². The third-order valence-electron chi connectivity index (χ3n) is 12.3. The van der Waals surface area contributed by atoms with E-state index < -0.39 is 6.85 Å². The molecule has 0 saturated carbocycles. The zero-order valence-electron chi connectivity index (χ0n) is 39.7. The van der Waals surface area contributed by atoms with Crippen LogP contribution in [0.3, 0.4) is 0 Å². The molecule has 0 atom stereocenters. The summed E-state index contributed by atoms with van der Waals surface area (Å²) < 4.78 is 37.7. The fourth-order valence-electron chi connectivity index (χ4n) is 9.01. The maximum absolute atomic E-state index is 7.23. The molecule has 64 heavy (non-hydrogen) atoms. The smallest absolute Gasteiger partial charge is 0.173 e. The number of ether oxygens (including phenoxy) is 1. The molecule has 7 aromatic carbocycles. The monoisotopic (exact) mass is 1020 g/mol. The minimum absolute atomic E-state index is 0. The molecule has 3 aromatic heterocycles. The summed E-state index contributed by atoms with van der Waals surface area (Å²) in [4.78, 5) is 9.47. The van der Waals surface area contributed by atoms with E-state index in [1.165, 1.54) is 39.7 Å². The second kappa shape index (κ2) is 17.2. The second-order valence-electron chi connectivity index (χ2n) is 17.4. The molecular weight excluding hydrogens is 963 g/mol. The molecule has 0 spiro atoms. The Morgan fingerprint density at radius 3 is 2.11 bits per heavy atom. The number of hydrogen-bond donors (Lipinski definition) is 0. The minimum Gasteiger partial charge on any atom is -0.497 e. The van der Waals surface area contributed by atoms with E-state index in [4.69, 9.17) is 18.3 Å².